The maximum Gasteiger partial charge on any atom is 0.338 e. The molecule has 2 aromatic rings. The van der Waals surface area contributed by atoms with Gasteiger partial charge in [0.25, 0.3) is 0 Å². The summed E-state index contributed by atoms with van der Waals surface area (Å²) in [7, 11) is 0. The van der Waals surface area contributed by atoms with Crippen LogP contribution in [0.5, 0.6) is 0 Å². The Balaban J connectivity index is 1.51. The normalized spacial score (nSPS) is 19.7. The first-order valence-corrected chi connectivity index (χ1v) is 11.5. The van der Waals surface area contributed by atoms with Crippen LogP contribution in [0.25, 0.3) is 0 Å². The lowest BCUT2D eigenvalue weighted by molar-refractivity contribution is -0.139. The zero-order valence-electron chi connectivity index (χ0n) is 18.9. The number of likely N-dealkylation sites (tertiary alicyclic amines) is 1. The fraction of sp³-hybridized carbons (Fsp3) is 0.385. The van der Waals surface area contributed by atoms with Gasteiger partial charge in [0.05, 0.1) is 18.2 Å². The summed E-state index contributed by atoms with van der Waals surface area (Å²) in [5.74, 6) is -0.316. The van der Waals surface area contributed by atoms with Crippen LogP contribution >= 0.6 is 0 Å². The Hall–Kier alpha value is -3.19. The van der Waals surface area contributed by atoms with Gasteiger partial charge in [0.2, 0.25) is 0 Å². The van der Waals surface area contributed by atoms with Crippen molar-refractivity contribution < 1.29 is 18.7 Å². The van der Waals surface area contributed by atoms with E-state index < -0.39 is 23.9 Å². The topological polar surface area (TPSA) is 70.7 Å². The molecule has 174 valence electrons. The summed E-state index contributed by atoms with van der Waals surface area (Å²) in [6.45, 7) is 4.15. The van der Waals surface area contributed by atoms with Crippen LogP contribution in [-0.4, -0.2) is 43.1 Å². The number of piperidine rings is 1. The second-order valence-electron chi connectivity index (χ2n) is 8.61. The molecular formula is C26H30FN3O3. The van der Waals surface area contributed by atoms with Crippen LogP contribution in [0.4, 0.5) is 9.18 Å². The van der Waals surface area contributed by atoms with E-state index in [-0.39, 0.29) is 6.61 Å². The molecule has 2 heterocycles. The van der Waals surface area contributed by atoms with Gasteiger partial charge < -0.3 is 15.4 Å². The van der Waals surface area contributed by atoms with Crippen LogP contribution in [0.3, 0.4) is 0 Å². The molecule has 2 amide bonds. The summed E-state index contributed by atoms with van der Waals surface area (Å²) < 4.78 is 19.2. The molecule has 2 aliphatic rings. The first kappa shape index (κ1) is 23.0. The first-order chi connectivity index (χ1) is 16.0. The molecule has 0 radical (unpaired) electrons. The highest BCUT2D eigenvalue weighted by molar-refractivity contribution is 5.95. The maximum absolute atomic E-state index is 13.9. The molecule has 2 N–H and O–H groups in total. The van der Waals surface area contributed by atoms with Gasteiger partial charge in [0, 0.05) is 12.2 Å². The smallest absolute Gasteiger partial charge is 0.338 e. The van der Waals surface area contributed by atoms with Crippen LogP contribution in [0, 0.1) is 11.7 Å². The number of ether oxygens (including phenoxy) is 1. The number of hydrogen-bond acceptors (Lipinski definition) is 4. The van der Waals surface area contributed by atoms with Gasteiger partial charge in [0.1, 0.15) is 5.82 Å². The molecule has 0 spiro atoms. The van der Waals surface area contributed by atoms with Crippen LogP contribution in [-0.2, 0) is 16.0 Å². The first-order valence-electron chi connectivity index (χ1n) is 11.5. The van der Waals surface area contributed by atoms with Gasteiger partial charge in [-0.15, -0.1) is 0 Å². The van der Waals surface area contributed by atoms with E-state index in [2.05, 4.69) is 39.8 Å². The number of rotatable bonds is 7. The van der Waals surface area contributed by atoms with Crippen molar-refractivity contribution in [1.29, 1.82) is 0 Å². The third kappa shape index (κ3) is 5.79. The standard InChI is InChI=1S/C26H30FN3O3/c1-2-33-25(31)23-22(28-26(32)29-24(23)20-9-6-10-21(27)16-20)17-30-13-11-19(12-14-30)15-18-7-4-3-5-8-18/h3-10,16,19,24H,2,11-15,17H2,1H3,(H2,28,29,32). The van der Waals surface area contributed by atoms with Gasteiger partial charge in [0.15, 0.2) is 0 Å². The molecular weight excluding hydrogens is 421 g/mol. The minimum Gasteiger partial charge on any atom is -0.463 e. The van der Waals surface area contributed by atoms with Crippen molar-refractivity contribution >= 4 is 12.0 Å². The van der Waals surface area contributed by atoms with Crippen LogP contribution in [0.1, 0.15) is 36.9 Å². The number of urea groups is 1. The summed E-state index contributed by atoms with van der Waals surface area (Å²) in [6, 6.07) is 15.3. The molecule has 2 aliphatic heterocycles. The van der Waals surface area contributed by atoms with Crippen molar-refractivity contribution in [2.24, 2.45) is 5.92 Å². The Morgan fingerprint density at radius 2 is 1.88 bits per heavy atom. The lowest BCUT2D eigenvalue weighted by Crippen LogP contribution is -2.49. The van der Waals surface area contributed by atoms with E-state index in [0.29, 0.717) is 29.3 Å². The lowest BCUT2D eigenvalue weighted by atomic mass is 9.89. The number of hydrogen-bond donors (Lipinski definition) is 2. The van der Waals surface area contributed by atoms with Crippen LogP contribution in [0.2, 0.25) is 0 Å². The fourth-order valence-electron chi connectivity index (χ4n) is 4.65. The quantitative estimate of drug-likeness (QED) is 0.626. The van der Waals surface area contributed by atoms with E-state index in [0.717, 1.165) is 32.4 Å². The lowest BCUT2D eigenvalue weighted by Gasteiger charge is -2.35. The minimum absolute atomic E-state index is 0.213. The van der Waals surface area contributed by atoms with E-state index in [1.54, 1.807) is 19.1 Å². The number of carbonyl (C=O) groups excluding carboxylic acids is 2. The Kier molecular flexibility index (Phi) is 7.40. The minimum atomic E-state index is -0.765. The molecule has 1 fully saturated rings. The van der Waals surface area contributed by atoms with Crippen molar-refractivity contribution in [1.82, 2.24) is 15.5 Å². The van der Waals surface area contributed by atoms with E-state index >= 15 is 0 Å². The summed E-state index contributed by atoms with van der Waals surface area (Å²) >= 11 is 0. The molecule has 4 rings (SSSR count). The Morgan fingerprint density at radius 3 is 2.58 bits per heavy atom. The zero-order valence-corrected chi connectivity index (χ0v) is 18.9. The maximum atomic E-state index is 13.9. The van der Waals surface area contributed by atoms with E-state index in [9.17, 15) is 14.0 Å². The molecule has 1 saturated heterocycles. The van der Waals surface area contributed by atoms with Crippen LogP contribution < -0.4 is 10.6 Å². The fourth-order valence-corrected chi connectivity index (χ4v) is 4.65. The molecule has 7 heteroatoms. The molecule has 0 aliphatic carbocycles. The second-order valence-corrected chi connectivity index (χ2v) is 8.61. The van der Waals surface area contributed by atoms with Gasteiger partial charge in [-0.2, -0.15) is 0 Å². The predicted octanol–water partition coefficient (Wildman–Crippen LogP) is 3.95. The van der Waals surface area contributed by atoms with Crippen molar-refractivity contribution in [3.8, 4) is 0 Å². The van der Waals surface area contributed by atoms with E-state index in [1.165, 1.54) is 17.7 Å². The third-order valence-electron chi connectivity index (χ3n) is 6.29. The number of esters is 1. The molecule has 6 nitrogen and oxygen atoms in total. The summed E-state index contributed by atoms with van der Waals surface area (Å²) in [6.07, 6.45) is 3.17. The highest BCUT2D eigenvalue weighted by Gasteiger charge is 2.35. The summed E-state index contributed by atoms with van der Waals surface area (Å²) in [5.41, 5.74) is 2.71. The largest absolute Gasteiger partial charge is 0.463 e. The van der Waals surface area contributed by atoms with Crippen LogP contribution in [0.15, 0.2) is 65.9 Å². The highest BCUT2D eigenvalue weighted by Crippen LogP contribution is 2.29. The Morgan fingerprint density at radius 1 is 1.12 bits per heavy atom. The molecule has 0 bridgehead atoms. The number of carbonyl (C=O) groups is 2. The SMILES string of the molecule is CCOC(=O)C1=C(CN2CCC(Cc3ccccc3)CC2)NC(=O)NC1c1cccc(F)c1. The molecule has 1 unspecified atom stereocenters. The third-order valence-corrected chi connectivity index (χ3v) is 6.29. The Bertz CT molecular complexity index is 1020. The van der Waals surface area contributed by atoms with Gasteiger partial charge in [-0.3, -0.25) is 4.90 Å². The van der Waals surface area contributed by atoms with Crippen molar-refractivity contribution in [3.05, 3.63) is 82.8 Å². The molecule has 33 heavy (non-hydrogen) atoms. The number of nitrogens with zero attached hydrogens (tertiary/aromatic N) is 1. The molecule has 1 atom stereocenters. The van der Waals surface area contributed by atoms with Gasteiger partial charge >= 0.3 is 12.0 Å². The van der Waals surface area contributed by atoms with E-state index in [1.807, 2.05) is 6.07 Å². The molecule has 0 aromatic heterocycles. The number of nitrogens with one attached hydrogen (secondary N) is 2. The average Bonchev–Trinajstić information content (AvgIpc) is 2.81. The summed E-state index contributed by atoms with van der Waals surface area (Å²) in [4.78, 5) is 27.6. The predicted molar refractivity (Wildman–Crippen MR) is 124 cm³/mol. The highest BCUT2D eigenvalue weighted by atomic mass is 19.1. The van der Waals surface area contributed by atoms with E-state index in [4.69, 9.17) is 4.74 Å². The Labute approximate surface area is 193 Å². The van der Waals surface area contributed by atoms with Gasteiger partial charge in [-0.1, -0.05) is 42.5 Å². The summed E-state index contributed by atoms with van der Waals surface area (Å²) in [5, 5.41) is 5.57. The van der Waals surface area contributed by atoms with Gasteiger partial charge in [-0.05, 0) is 68.5 Å². The molecule has 0 saturated carbocycles. The van der Waals surface area contributed by atoms with Crippen molar-refractivity contribution in [2.75, 3.05) is 26.2 Å². The monoisotopic (exact) mass is 451 g/mol. The van der Waals surface area contributed by atoms with Gasteiger partial charge in [-0.25, -0.2) is 14.0 Å². The zero-order chi connectivity index (χ0) is 23.2. The number of benzene rings is 2. The molecule has 2 aromatic carbocycles. The number of halogens is 1. The average molecular weight is 452 g/mol. The number of amides is 2. The van der Waals surface area contributed by atoms with Crippen molar-refractivity contribution in [3.63, 3.8) is 0 Å². The second kappa shape index (κ2) is 10.6. The van der Waals surface area contributed by atoms with Crippen molar-refractivity contribution in [2.45, 2.75) is 32.2 Å².